The van der Waals surface area contributed by atoms with Gasteiger partial charge in [0.25, 0.3) is 6.43 Å². The van der Waals surface area contributed by atoms with E-state index >= 15 is 0 Å². The van der Waals surface area contributed by atoms with Gasteiger partial charge in [0.05, 0.1) is 19.6 Å². The summed E-state index contributed by atoms with van der Waals surface area (Å²) in [6, 6.07) is 6.49. The molecule has 1 aromatic rings. The lowest BCUT2D eigenvalue weighted by Gasteiger charge is -2.44. The Morgan fingerprint density at radius 2 is 0.761 bits per heavy atom. The zero-order valence-electron chi connectivity index (χ0n) is 78.5. The molecule has 9 aliphatic heterocycles. The Morgan fingerprint density at radius 1 is 0.389 bits per heavy atom. The van der Waals surface area contributed by atoms with Gasteiger partial charge in [-0.25, -0.2) is 18.7 Å². The molecule has 13 rings (SSSR count). The Balaban J connectivity index is 0.000000201. The Hall–Kier alpha value is -2.19. The number of terminal acetylenes is 1. The number of nitrogens with zero attached hydrogens (tertiary/aromatic N) is 10. The summed E-state index contributed by atoms with van der Waals surface area (Å²) in [4.78, 5) is 27.7. The van der Waals surface area contributed by atoms with Gasteiger partial charge in [-0.05, 0) is 323 Å². The molecule has 2 bridgehead atoms. The molecular weight excluding hydrogens is 1410 g/mol. The number of fused-ring (bicyclic) bond motifs is 2. The molecule has 12 aliphatic rings. The van der Waals surface area contributed by atoms with E-state index in [-0.39, 0.29) is 12.0 Å². The number of hydrogen-bond donors (Lipinski definition) is 0. The van der Waals surface area contributed by atoms with Crippen molar-refractivity contribution in [2.45, 2.75) is 377 Å². The topological polar surface area (TPSA) is 51.7 Å². The van der Waals surface area contributed by atoms with Crippen LogP contribution >= 0.6 is 0 Å². The van der Waals surface area contributed by atoms with Crippen LogP contribution in [0, 0.1) is 109 Å². The summed E-state index contributed by atoms with van der Waals surface area (Å²) in [5, 5.41) is 0. The first-order valence-corrected chi connectivity index (χ1v) is 46.7. The highest BCUT2D eigenvalue weighted by Crippen LogP contribution is 2.50. The third-order valence-electron chi connectivity index (χ3n) is 29.1. The lowest BCUT2D eigenvalue weighted by molar-refractivity contribution is -0.151. The maximum absolute atomic E-state index is 12.2. The van der Waals surface area contributed by atoms with Crippen molar-refractivity contribution in [3.63, 3.8) is 0 Å². The molecule has 10 heterocycles. The fraction of sp³-hybridized carbons (Fsp3) is 0.939. The highest BCUT2D eigenvalue weighted by atomic mass is 19.4. The van der Waals surface area contributed by atoms with Crippen LogP contribution in [0.15, 0.2) is 18.5 Å². The van der Waals surface area contributed by atoms with Crippen molar-refractivity contribution in [3.05, 3.63) is 18.5 Å². The van der Waals surface area contributed by atoms with E-state index in [4.69, 9.17) is 6.42 Å². The van der Waals surface area contributed by atoms with Gasteiger partial charge in [0, 0.05) is 88.4 Å². The van der Waals surface area contributed by atoms with E-state index in [2.05, 4.69) is 225 Å². The van der Waals surface area contributed by atoms with Crippen molar-refractivity contribution in [3.8, 4) is 12.3 Å². The predicted molar refractivity (Wildman–Crippen MR) is 474 cm³/mol. The summed E-state index contributed by atoms with van der Waals surface area (Å²) in [5.41, 5.74) is 3.42. The van der Waals surface area contributed by atoms with Crippen LogP contribution in [0.3, 0.4) is 0 Å². The molecule has 3 saturated carbocycles. The molecule has 0 aromatic carbocycles. The molecule has 113 heavy (non-hydrogen) atoms. The monoisotopic (exact) mass is 1590 g/mol. The van der Waals surface area contributed by atoms with Gasteiger partial charge in [-0.1, -0.05) is 172 Å². The number of rotatable bonds is 10. The normalized spacial score (nSPS) is 27.4. The first kappa shape index (κ1) is 99.6. The van der Waals surface area contributed by atoms with Crippen LogP contribution in [0.5, 0.6) is 0 Å². The summed E-state index contributed by atoms with van der Waals surface area (Å²) >= 11 is 0. The first-order chi connectivity index (χ1) is 52.3. The predicted octanol–water partition coefficient (Wildman–Crippen LogP) is 24.1. The van der Waals surface area contributed by atoms with Gasteiger partial charge in [-0.2, -0.15) is 13.2 Å². The van der Waals surface area contributed by atoms with Gasteiger partial charge in [-0.3, -0.25) is 19.6 Å². The fourth-order valence-electron chi connectivity index (χ4n) is 20.0. The second-order valence-electron chi connectivity index (χ2n) is 46.9. The first-order valence-electron chi connectivity index (χ1n) is 46.7. The summed E-state index contributed by atoms with van der Waals surface area (Å²) in [6.45, 7) is 77.4. The second-order valence-corrected chi connectivity index (χ2v) is 46.9. The summed E-state index contributed by atoms with van der Waals surface area (Å²) in [7, 11) is 0. The molecule has 15 heteroatoms. The van der Waals surface area contributed by atoms with Crippen molar-refractivity contribution in [2.75, 3.05) is 123 Å². The van der Waals surface area contributed by atoms with Crippen LogP contribution in [-0.4, -0.2) is 205 Å². The van der Waals surface area contributed by atoms with E-state index in [1.165, 1.54) is 187 Å². The number of aromatic nitrogens is 2. The van der Waals surface area contributed by atoms with Gasteiger partial charge in [0.15, 0.2) is 0 Å². The van der Waals surface area contributed by atoms with E-state index in [9.17, 15) is 22.0 Å². The number of likely N-dealkylation sites (tertiary alicyclic amines) is 6. The van der Waals surface area contributed by atoms with Crippen molar-refractivity contribution in [2.24, 2.45) is 96.6 Å². The van der Waals surface area contributed by atoms with Crippen molar-refractivity contribution in [1.29, 1.82) is 0 Å². The molecule has 6 unspecified atom stereocenters. The molecular formula is C98H181F5N10. The zero-order chi connectivity index (χ0) is 84.3. The molecule has 10 nitrogen and oxygen atoms in total. The maximum atomic E-state index is 12.2. The Morgan fingerprint density at radius 3 is 1.15 bits per heavy atom. The minimum absolute atomic E-state index is 0.0448. The lowest BCUT2D eigenvalue weighted by Crippen LogP contribution is -2.46. The number of hydrogen-bond acceptors (Lipinski definition) is 10. The van der Waals surface area contributed by atoms with Crippen molar-refractivity contribution < 1.29 is 22.0 Å². The van der Waals surface area contributed by atoms with E-state index < -0.39 is 19.1 Å². The molecule has 6 atom stereocenters. The maximum Gasteiger partial charge on any atom is 0.401 e. The average Bonchev–Trinajstić information content (AvgIpc) is 1.60. The van der Waals surface area contributed by atoms with E-state index in [0.29, 0.717) is 62.8 Å². The summed E-state index contributed by atoms with van der Waals surface area (Å²) in [5.74, 6) is 11.2. The highest BCUT2D eigenvalue weighted by Gasteiger charge is 2.49. The second kappa shape index (κ2) is 44.0. The third kappa shape index (κ3) is 37.0. The Labute approximate surface area is 695 Å². The van der Waals surface area contributed by atoms with E-state index in [1.807, 2.05) is 23.4 Å². The molecule has 0 spiro atoms. The molecule has 0 amide bonds. The standard InChI is InChI=1S/C14H25N.C13H21N3.C13H25N.C12H23N.C12H25N.C12H21N.C11H20F3N.C11H21F2N/c1-14(2,3)10-8-12-6-7-13(9-10)15(12)11-4-5-11;1-13(2,3)11-5-9-16(10-6-11)12-14-7-4-8-15-12;1-13(2,3)12-5-4-8-14(10-12)9-11-6-7-11;1-12(2,3)10-5-4-8-13(9-10)11-6-7-11;1-10(2)13-8-6-7-11(9-13)12(3,4)5;1-5-8-13-9-6-11(7-10-13)12(2,3)4;1-10(2,3)9-5-4-6-15(7-9)8-11(12,13)14;1-11(2,3)9-4-6-14(7-5-9)8-10(12)13/h10-13H,4-9H2,1-3H3;4,7-8,11H,5-6,9-10H2,1-3H3;11-12H,4-10H2,1-3H3;10-11H,4-9H2,1-3H3;10-11H,6-9H2,1-5H3;1,11H,6-10H2,2-4H3;9H,4-8H2,1-3H3;9-10H,4-8H2,1-3H3. The Bertz CT molecular complexity index is 2740. The molecule has 12 fully saturated rings. The number of anilines is 1. The van der Waals surface area contributed by atoms with E-state index in [0.717, 1.165) is 136 Å². The van der Waals surface area contributed by atoms with Crippen molar-refractivity contribution >= 4 is 5.95 Å². The summed E-state index contributed by atoms with van der Waals surface area (Å²) in [6.07, 6.45) is 35.3. The average molecular weight is 1590 g/mol. The molecule has 658 valence electrons. The minimum atomic E-state index is -4.06. The van der Waals surface area contributed by atoms with Crippen molar-refractivity contribution in [1.82, 2.24) is 44.3 Å². The van der Waals surface area contributed by atoms with E-state index in [1.54, 1.807) is 4.90 Å². The van der Waals surface area contributed by atoms with Crippen LogP contribution in [0.4, 0.5) is 27.9 Å². The molecule has 3 aliphatic carbocycles. The molecule has 0 radical (unpaired) electrons. The fourth-order valence-corrected chi connectivity index (χ4v) is 20.0. The van der Waals surface area contributed by atoms with Crippen LogP contribution in [0.1, 0.15) is 334 Å². The lowest BCUT2D eigenvalue weighted by atomic mass is 9.73. The SMILES string of the molecule is C#CCN1CCC(C(C)(C)C)CC1.CC(C)(C)C1CC2CCC(C1)N2C1CC1.CC(C)(C)C1CCCN(C2CC2)C1.CC(C)(C)C1CCCN(CC(F)(F)F)C1.CC(C)(C)C1CCCN(CC2CC2)C1.CC(C)(C)C1CCN(CC(F)F)CC1.CC(C)(C)C1CCN(c2ncccn2)CC1.CC(C)N1CCCC(C(C)(C)C)C1. The number of alkyl halides is 5. The largest absolute Gasteiger partial charge is 0.401 e. The van der Waals surface area contributed by atoms with Gasteiger partial charge in [0.2, 0.25) is 5.95 Å². The third-order valence-corrected chi connectivity index (χ3v) is 29.1. The van der Waals surface area contributed by atoms with Crippen LogP contribution in [-0.2, 0) is 0 Å². The van der Waals surface area contributed by atoms with Crippen LogP contribution in [0.2, 0.25) is 0 Å². The molecule has 0 N–H and O–H groups in total. The molecule has 9 saturated heterocycles. The van der Waals surface area contributed by atoms with Gasteiger partial charge < -0.3 is 19.6 Å². The zero-order valence-corrected chi connectivity index (χ0v) is 78.5. The highest BCUT2D eigenvalue weighted by molar-refractivity contribution is 5.29. The minimum Gasteiger partial charge on any atom is -0.341 e. The van der Waals surface area contributed by atoms with Gasteiger partial charge in [0.1, 0.15) is 0 Å². The number of piperidine rings is 8. The van der Waals surface area contributed by atoms with Crippen LogP contribution < -0.4 is 4.90 Å². The summed E-state index contributed by atoms with van der Waals surface area (Å²) < 4.78 is 60.9. The number of halogens is 5. The van der Waals surface area contributed by atoms with Gasteiger partial charge in [-0.15, -0.1) is 6.42 Å². The van der Waals surface area contributed by atoms with Gasteiger partial charge >= 0.3 is 6.18 Å². The molecule has 1 aromatic heterocycles. The van der Waals surface area contributed by atoms with Crippen LogP contribution in [0.25, 0.3) is 0 Å². The Kier molecular flexibility index (Phi) is 38.8. The smallest absolute Gasteiger partial charge is 0.341 e. The quantitative estimate of drug-likeness (QED) is 0.167.